The summed E-state index contributed by atoms with van der Waals surface area (Å²) in [4.78, 5) is 42.2. The molecule has 8 heteroatoms. The van der Waals surface area contributed by atoms with Gasteiger partial charge in [-0.3, -0.25) is 9.59 Å². The van der Waals surface area contributed by atoms with Crippen molar-refractivity contribution in [3.63, 3.8) is 0 Å². The minimum absolute atomic E-state index is 0.156. The summed E-state index contributed by atoms with van der Waals surface area (Å²) in [6.45, 7) is 2.08. The summed E-state index contributed by atoms with van der Waals surface area (Å²) < 4.78 is 5.28. The molecule has 0 saturated carbocycles. The van der Waals surface area contributed by atoms with Gasteiger partial charge in [0.2, 0.25) is 5.91 Å². The van der Waals surface area contributed by atoms with E-state index in [9.17, 15) is 14.4 Å². The van der Waals surface area contributed by atoms with E-state index in [-0.39, 0.29) is 18.9 Å². The molecule has 1 N–H and O–H groups in total. The van der Waals surface area contributed by atoms with E-state index >= 15 is 0 Å². The zero-order valence-corrected chi connectivity index (χ0v) is 19.6. The van der Waals surface area contributed by atoms with E-state index in [1.807, 2.05) is 31.2 Å². The molecule has 0 aromatic heterocycles. The van der Waals surface area contributed by atoms with Crippen molar-refractivity contribution in [2.24, 2.45) is 0 Å². The van der Waals surface area contributed by atoms with Crippen LogP contribution in [0.5, 0.6) is 5.75 Å². The van der Waals surface area contributed by atoms with E-state index < -0.39 is 18.0 Å². The first-order valence-corrected chi connectivity index (χ1v) is 11.1. The van der Waals surface area contributed by atoms with Crippen LogP contribution in [0.3, 0.4) is 0 Å². The molecule has 0 bridgehead atoms. The molecule has 1 heterocycles. The van der Waals surface area contributed by atoms with Crippen molar-refractivity contribution in [3.8, 4) is 5.75 Å². The number of aryl methyl sites for hydroxylation is 1. The third kappa shape index (κ3) is 5.05. The number of carbonyl (C=O) groups is 3. The molecule has 174 valence electrons. The van der Waals surface area contributed by atoms with Gasteiger partial charge in [0.1, 0.15) is 11.8 Å². The van der Waals surface area contributed by atoms with Crippen molar-refractivity contribution in [1.82, 2.24) is 4.90 Å². The number of benzene rings is 3. The maximum absolute atomic E-state index is 13.4. The molecule has 3 aromatic rings. The molecule has 1 atom stereocenters. The predicted molar refractivity (Wildman–Crippen MR) is 131 cm³/mol. The molecule has 7 nitrogen and oxygen atoms in total. The number of urea groups is 1. The number of carbonyl (C=O) groups excluding carboxylic acids is 3. The first-order valence-electron chi connectivity index (χ1n) is 10.8. The largest absolute Gasteiger partial charge is 0.497 e. The number of hydrogen-bond acceptors (Lipinski definition) is 4. The number of imide groups is 1. The Kier molecular flexibility index (Phi) is 6.84. The van der Waals surface area contributed by atoms with Gasteiger partial charge in [-0.2, -0.15) is 0 Å². The third-order valence-electron chi connectivity index (χ3n) is 5.60. The zero-order chi connectivity index (χ0) is 24.2. The fraction of sp³-hybridized carbons (Fsp3) is 0.192. The van der Waals surface area contributed by atoms with Crippen LogP contribution in [0.1, 0.15) is 17.5 Å². The Morgan fingerprint density at radius 2 is 1.74 bits per heavy atom. The molecule has 0 radical (unpaired) electrons. The van der Waals surface area contributed by atoms with Crippen LogP contribution in [0.4, 0.5) is 16.2 Å². The summed E-state index contributed by atoms with van der Waals surface area (Å²) in [6.07, 6.45) is -0.181. The van der Waals surface area contributed by atoms with Gasteiger partial charge in [-0.05, 0) is 61.0 Å². The molecule has 4 amide bonds. The number of amides is 4. The standard InChI is InChI=1S/C26H24ClN3O4/c1-17-6-12-21(13-7-17)30-25(32)23(15-24(31)28-20-10-8-19(27)9-11-20)29(26(30)33)16-18-4-3-5-22(14-18)34-2/h3-14,23H,15-16H2,1-2H3,(H,28,31)/t23-/m0/s1. The summed E-state index contributed by atoms with van der Waals surface area (Å²) in [7, 11) is 1.56. The Hall–Kier alpha value is -3.84. The Labute approximate surface area is 202 Å². The van der Waals surface area contributed by atoms with E-state index in [2.05, 4.69) is 5.32 Å². The van der Waals surface area contributed by atoms with Crippen LogP contribution in [-0.2, 0) is 16.1 Å². The highest BCUT2D eigenvalue weighted by atomic mass is 35.5. The van der Waals surface area contributed by atoms with Crippen molar-refractivity contribution in [3.05, 3.63) is 88.9 Å². The maximum atomic E-state index is 13.4. The number of rotatable bonds is 7. The Morgan fingerprint density at radius 1 is 1.03 bits per heavy atom. The van der Waals surface area contributed by atoms with Crippen LogP contribution in [0.2, 0.25) is 5.02 Å². The average Bonchev–Trinajstić information content (AvgIpc) is 3.05. The minimum Gasteiger partial charge on any atom is -0.497 e. The monoisotopic (exact) mass is 477 g/mol. The first-order chi connectivity index (χ1) is 16.4. The number of anilines is 2. The van der Waals surface area contributed by atoms with E-state index in [0.717, 1.165) is 16.0 Å². The molecule has 0 aliphatic carbocycles. The second-order valence-corrected chi connectivity index (χ2v) is 8.48. The topological polar surface area (TPSA) is 79.0 Å². The number of nitrogens with zero attached hydrogens (tertiary/aromatic N) is 2. The Balaban J connectivity index is 1.61. The molecule has 3 aromatic carbocycles. The van der Waals surface area contributed by atoms with Gasteiger partial charge < -0.3 is 15.0 Å². The lowest BCUT2D eigenvalue weighted by Crippen LogP contribution is -2.37. The fourth-order valence-electron chi connectivity index (χ4n) is 3.83. The summed E-state index contributed by atoms with van der Waals surface area (Å²) >= 11 is 5.91. The first kappa shape index (κ1) is 23.3. The molecule has 1 aliphatic heterocycles. The molecule has 1 saturated heterocycles. The maximum Gasteiger partial charge on any atom is 0.332 e. The predicted octanol–water partition coefficient (Wildman–Crippen LogP) is 5.02. The van der Waals surface area contributed by atoms with Crippen LogP contribution in [0.25, 0.3) is 0 Å². The highest BCUT2D eigenvalue weighted by Gasteiger charge is 2.46. The minimum atomic E-state index is -0.952. The highest BCUT2D eigenvalue weighted by Crippen LogP contribution is 2.29. The van der Waals surface area contributed by atoms with Crippen molar-refractivity contribution < 1.29 is 19.1 Å². The highest BCUT2D eigenvalue weighted by molar-refractivity contribution is 6.30. The molecule has 0 unspecified atom stereocenters. The van der Waals surface area contributed by atoms with Gasteiger partial charge >= 0.3 is 6.03 Å². The molecular weight excluding hydrogens is 454 g/mol. The van der Waals surface area contributed by atoms with Crippen molar-refractivity contribution >= 4 is 40.8 Å². The number of ether oxygens (including phenoxy) is 1. The molecule has 0 spiro atoms. The zero-order valence-electron chi connectivity index (χ0n) is 18.8. The van der Waals surface area contributed by atoms with Gasteiger partial charge in [0.15, 0.2) is 0 Å². The lowest BCUT2D eigenvalue weighted by atomic mass is 10.1. The van der Waals surface area contributed by atoms with Gasteiger partial charge in [-0.25, -0.2) is 9.69 Å². The lowest BCUT2D eigenvalue weighted by Gasteiger charge is -2.22. The van der Waals surface area contributed by atoms with Gasteiger partial charge in [-0.1, -0.05) is 41.4 Å². The summed E-state index contributed by atoms with van der Waals surface area (Å²) in [5.74, 6) is -0.180. The average molecular weight is 478 g/mol. The van der Waals surface area contributed by atoms with E-state index in [1.165, 1.54) is 4.90 Å². The summed E-state index contributed by atoms with van der Waals surface area (Å²) in [5, 5.41) is 3.32. The van der Waals surface area contributed by atoms with Gasteiger partial charge in [0.25, 0.3) is 5.91 Å². The van der Waals surface area contributed by atoms with Crippen LogP contribution in [0, 0.1) is 6.92 Å². The van der Waals surface area contributed by atoms with Gasteiger partial charge in [0.05, 0.1) is 19.2 Å². The molecule has 34 heavy (non-hydrogen) atoms. The number of methoxy groups -OCH3 is 1. The SMILES string of the molecule is COc1cccc(CN2C(=O)N(c3ccc(C)cc3)C(=O)[C@@H]2CC(=O)Nc2ccc(Cl)cc2)c1. The van der Waals surface area contributed by atoms with Crippen LogP contribution >= 0.6 is 11.6 Å². The Bertz CT molecular complexity index is 1210. The summed E-state index contributed by atoms with van der Waals surface area (Å²) in [6, 6.07) is 19.6. The second-order valence-electron chi connectivity index (χ2n) is 8.05. The lowest BCUT2D eigenvalue weighted by molar-refractivity contribution is -0.124. The summed E-state index contributed by atoms with van der Waals surface area (Å²) in [5.41, 5.74) is 2.82. The molecular formula is C26H24ClN3O4. The molecule has 4 rings (SSSR count). The van der Waals surface area contributed by atoms with E-state index in [4.69, 9.17) is 16.3 Å². The van der Waals surface area contributed by atoms with Crippen LogP contribution < -0.4 is 15.0 Å². The number of halogens is 1. The number of hydrogen-bond donors (Lipinski definition) is 1. The second kappa shape index (κ2) is 9.97. The van der Waals surface area contributed by atoms with Crippen LogP contribution in [0.15, 0.2) is 72.8 Å². The molecule has 1 fully saturated rings. The Morgan fingerprint density at radius 3 is 2.41 bits per heavy atom. The quantitative estimate of drug-likeness (QED) is 0.484. The van der Waals surface area contributed by atoms with Crippen molar-refractivity contribution in [2.45, 2.75) is 25.9 Å². The van der Waals surface area contributed by atoms with Crippen molar-refractivity contribution in [1.29, 1.82) is 0 Å². The van der Waals surface area contributed by atoms with E-state index in [1.54, 1.807) is 55.6 Å². The van der Waals surface area contributed by atoms with Gasteiger partial charge in [0, 0.05) is 17.3 Å². The van der Waals surface area contributed by atoms with E-state index in [0.29, 0.717) is 22.1 Å². The smallest absolute Gasteiger partial charge is 0.332 e. The van der Waals surface area contributed by atoms with Crippen LogP contribution in [-0.4, -0.2) is 35.9 Å². The van der Waals surface area contributed by atoms with Gasteiger partial charge in [-0.15, -0.1) is 0 Å². The fourth-order valence-corrected chi connectivity index (χ4v) is 3.96. The molecule has 1 aliphatic rings. The number of nitrogens with one attached hydrogen (secondary N) is 1. The third-order valence-corrected chi connectivity index (χ3v) is 5.86. The normalized spacial score (nSPS) is 15.6. The van der Waals surface area contributed by atoms with Crippen molar-refractivity contribution in [2.75, 3.05) is 17.3 Å².